The molecule has 2 aromatic carbocycles. The molecule has 2 rings (SSSR count). The molecule has 0 aliphatic carbocycles. The maximum atomic E-state index is 13.4. The molecule has 2 N–H and O–H groups in total. The van der Waals surface area contributed by atoms with E-state index in [0.29, 0.717) is 11.1 Å². The molecule has 0 aromatic heterocycles. The highest BCUT2D eigenvalue weighted by Crippen LogP contribution is 2.22. The zero-order chi connectivity index (χ0) is 14.9. The van der Waals surface area contributed by atoms with Gasteiger partial charge in [0.05, 0.1) is 16.3 Å². The van der Waals surface area contributed by atoms with Crippen LogP contribution in [0.3, 0.4) is 0 Å². The molecule has 0 heterocycles. The van der Waals surface area contributed by atoms with Gasteiger partial charge in [-0.1, -0.05) is 23.8 Å². The molecule has 0 radical (unpaired) electrons. The molecular weight excluding hydrogens is 277 g/mol. The zero-order valence-corrected chi connectivity index (χ0v) is 12.2. The van der Waals surface area contributed by atoms with E-state index < -0.39 is 15.7 Å². The van der Waals surface area contributed by atoms with Crippen molar-refractivity contribution in [1.29, 1.82) is 0 Å². The summed E-state index contributed by atoms with van der Waals surface area (Å²) in [5.74, 6) is -0.841. The Kier molecular flexibility index (Phi) is 3.81. The third kappa shape index (κ3) is 2.99. The first-order chi connectivity index (χ1) is 9.29. The smallest absolute Gasteiger partial charge is 0.182 e. The molecule has 0 aliphatic heterocycles. The highest BCUT2D eigenvalue weighted by molar-refractivity contribution is 7.90. The van der Waals surface area contributed by atoms with Gasteiger partial charge in [-0.05, 0) is 43.2 Å². The third-order valence-electron chi connectivity index (χ3n) is 3.09. The van der Waals surface area contributed by atoms with E-state index in [-0.39, 0.29) is 16.3 Å². The van der Waals surface area contributed by atoms with E-state index in [2.05, 4.69) is 0 Å². The van der Waals surface area contributed by atoms with Crippen LogP contribution in [0.4, 0.5) is 10.1 Å². The molecular formula is C15H16FNO2S. The normalized spacial score (nSPS) is 11.6. The van der Waals surface area contributed by atoms with Gasteiger partial charge >= 0.3 is 0 Å². The Bertz CT molecular complexity index is 754. The van der Waals surface area contributed by atoms with Crippen molar-refractivity contribution in [3.63, 3.8) is 0 Å². The van der Waals surface area contributed by atoms with Crippen LogP contribution >= 0.6 is 0 Å². The van der Waals surface area contributed by atoms with Crippen LogP contribution in [0.1, 0.15) is 16.7 Å². The molecule has 0 saturated heterocycles. The van der Waals surface area contributed by atoms with E-state index in [9.17, 15) is 12.8 Å². The van der Waals surface area contributed by atoms with Gasteiger partial charge in [0.25, 0.3) is 0 Å². The summed E-state index contributed by atoms with van der Waals surface area (Å²) in [6, 6.07) is 9.23. The van der Waals surface area contributed by atoms with Crippen LogP contribution in [-0.2, 0) is 15.6 Å². The van der Waals surface area contributed by atoms with Crippen LogP contribution in [0.25, 0.3) is 0 Å². The number of nitrogen functional groups attached to an aromatic ring is 1. The quantitative estimate of drug-likeness (QED) is 0.885. The summed E-state index contributed by atoms with van der Waals surface area (Å²) in [7, 11) is -3.50. The Morgan fingerprint density at radius 3 is 2.40 bits per heavy atom. The van der Waals surface area contributed by atoms with Gasteiger partial charge in [-0.3, -0.25) is 0 Å². The molecule has 5 heteroatoms. The van der Waals surface area contributed by atoms with E-state index in [0.717, 1.165) is 11.6 Å². The molecule has 0 unspecified atom stereocenters. The number of anilines is 1. The molecule has 0 amide bonds. The Morgan fingerprint density at radius 2 is 1.80 bits per heavy atom. The Hall–Kier alpha value is -1.88. The maximum Gasteiger partial charge on any atom is 0.182 e. The minimum absolute atomic E-state index is 0.0117. The van der Waals surface area contributed by atoms with Crippen molar-refractivity contribution in [2.75, 3.05) is 5.73 Å². The molecule has 106 valence electrons. The van der Waals surface area contributed by atoms with Gasteiger partial charge in [-0.25, -0.2) is 12.8 Å². The lowest BCUT2D eigenvalue weighted by atomic mass is 10.2. The number of benzene rings is 2. The SMILES string of the molecule is Cc1ccc(S(=O)(=O)Cc2ccc(N)c(F)c2)c(C)c1. The lowest BCUT2D eigenvalue weighted by Crippen LogP contribution is -2.07. The maximum absolute atomic E-state index is 13.4. The molecule has 3 nitrogen and oxygen atoms in total. The molecule has 0 fully saturated rings. The number of aryl methyl sites for hydroxylation is 2. The zero-order valence-electron chi connectivity index (χ0n) is 11.4. The fourth-order valence-corrected chi connectivity index (χ4v) is 3.70. The molecule has 0 atom stereocenters. The molecule has 0 spiro atoms. The van der Waals surface area contributed by atoms with Crippen molar-refractivity contribution >= 4 is 15.5 Å². The number of rotatable bonds is 3. The lowest BCUT2D eigenvalue weighted by molar-refractivity contribution is 0.594. The van der Waals surface area contributed by atoms with Gasteiger partial charge in [0.15, 0.2) is 9.84 Å². The minimum Gasteiger partial charge on any atom is -0.396 e. The summed E-state index contributed by atoms with van der Waals surface area (Å²) in [5, 5.41) is 0. The molecule has 2 aromatic rings. The minimum atomic E-state index is -3.50. The summed E-state index contributed by atoms with van der Waals surface area (Å²) in [5.41, 5.74) is 7.47. The highest BCUT2D eigenvalue weighted by atomic mass is 32.2. The van der Waals surface area contributed by atoms with E-state index in [1.54, 1.807) is 19.1 Å². The monoisotopic (exact) mass is 293 g/mol. The van der Waals surface area contributed by atoms with E-state index >= 15 is 0 Å². The first-order valence-electron chi connectivity index (χ1n) is 6.13. The van der Waals surface area contributed by atoms with Crippen molar-refractivity contribution in [1.82, 2.24) is 0 Å². The number of hydrogen-bond donors (Lipinski definition) is 1. The van der Waals surface area contributed by atoms with E-state index in [4.69, 9.17) is 5.73 Å². The van der Waals surface area contributed by atoms with Gasteiger partial charge < -0.3 is 5.73 Å². The molecule has 0 saturated carbocycles. The predicted octanol–water partition coefficient (Wildman–Crippen LogP) is 3.00. The first kappa shape index (κ1) is 14.5. The van der Waals surface area contributed by atoms with Gasteiger partial charge in [0.2, 0.25) is 0 Å². The molecule has 20 heavy (non-hydrogen) atoms. The molecule has 0 aliphatic rings. The highest BCUT2D eigenvalue weighted by Gasteiger charge is 2.18. The van der Waals surface area contributed by atoms with E-state index in [1.165, 1.54) is 12.1 Å². The summed E-state index contributed by atoms with van der Waals surface area (Å²) < 4.78 is 38.1. The average Bonchev–Trinajstić information content (AvgIpc) is 2.33. The Morgan fingerprint density at radius 1 is 1.10 bits per heavy atom. The van der Waals surface area contributed by atoms with Gasteiger partial charge in [0.1, 0.15) is 5.82 Å². The van der Waals surface area contributed by atoms with Crippen LogP contribution in [0.2, 0.25) is 0 Å². The van der Waals surface area contributed by atoms with E-state index in [1.807, 2.05) is 13.0 Å². The van der Waals surface area contributed by atoms with Gasteiger partial charge in [-0.2, -0.15) is 0 Å². The fourth-order valence-electron chi connectivity index (χ4n) is 2.11. The summed E-state index contributed by atoms with van der Waals surface area (Å²) in [6.45, 7) is 3.65. The number of halogens is 1. The first-order valence-corrected chi connectivity index (χ1v) is 7.79. The average molecular weight is 293 g/mol. The topological polar surface area (TPSA) is 60.2 Å². The fraction of sp³-hybridized carbons (Fsp3) is 0.200. The van der Waals surface area contributed by atoms with Crippen molar-refractivity contribution in [2.45, 2.75) is 24.5 Å². The summed E-state index contributed by atoms with van der Waals surface area (Å²) in [4.78, 5) is 0.278. The second-order valence-electron chi connectivity index (χ2n) is 4.88. The number of nitrogens with two attached hydrogens (primary N) is 1. The molecule has 0 bridgehead atoms. The van der Waals surface area contributed by atoms with Crippen LogP contribution in [-0.4, -0.2) is 8.42 Å². The second-order valence-corrected chi connectivity index (χ2v) is 6.84. The predicted molar refractivity (Wildman–Crippen MR) is 77.6 cm³/mol. The van der Waals surface area contributed by atoms with Crippen LogP contribution < -0.4 is 5.73 Å². The summed E-state index contributed by atoms with van der Waals surface area (Å²) in [6.07, 6.45) is 0. The van der Waals surface area contributed by atoms with Gasteiger partial charge in [-0.15, -0.1) is 0 Å². The van der Waals surface area contributed by atoms with Crippen LogP contribution in [0.15, 0.2) is 41.3 Å². The number of hydrogen-bond acceptors (Lipinski definition) is 3. The third-order valence-corrected chi connectivity index (χ3v) is 4.93. The largest absolute Gasteiger partial charge is 0.396 e. The number of sulfone groups is 1. The van der Waals surface area contributed by atoms with Crippen molar-refractivity contribution in [2.24, 2.45) is 0 Å². The van der Waals surface area contributed by atoms with Gasteiger partial charge in [0, 0.05) is 0 Å². The second kappa shape index (κ2) is 5.25. The Balaban J connectivity index is 2.38. The summed E-state index contributed by atoms with van der Waals surface area (Å²) >= 11 is 0. The standard InChI is InChI=1S/C15H16FNO2S/c1-10-3-6-15(11(2)7-10)20(18,19)9-12-4-5-14(17)13(16)8-12/h3-8H,9,17H2,1-2H3. The van der Waals surface area contributed by atoms with Crippen molar-refractivity contribution in [3.8, 4) is 0 Å². The van der Waals surface area contributed by atoms with Crippen LogP contribution in [0, 0.1) is 19.7 Å². The van der Waals surface area contributed by atoms with Crippen molar-refractivity contribution in [3.05, 3.63) is 58.9 Å². The van der Waals surface area contributed by atoms with Crippen molar-refractivity contribution < 1.29 is 12.8 Å². The van der Waals surface area contributed by atoms with Crippen LogP contribution in [0.5, 0.6) is 0 Å². The lowest BCUT2D eigenvalue weighted by Gasteiger charge is -2.09. The Labute approximate surface area is 118 Å².